The Labute approximate surface area is 180 Å². The lowest BCUT2D eigenvalue weighted by molar-refractivity contribution is 0.0928. The summed E-state index contributed by atoms with van der Waals surface area (Å²) in [6, 6.07) is 7.67. The molecule has 30 heavy (non-hydrogen) atoms. The average Bonchev–Trinajstić information content (AvgIpc) is 3.30. The number of rotatable bonds is 5. The highest BCUT2D eigenvalue weighted by molar-refractivity contribution is 6.34. The van der Waals surface area contributed by atoms with E-state index in [4.69, 9.17) is 16.9 Å². The fourth-order valence-electron chi connectivity index (χ4n) is 4.41. The number of nitrogens with zero attached hydrogens (tertiary/aromatic N) is 5. The third kappa shape index (κ3) is 3.81. The van der Waals surface area contributed by atoms with E-state index in [1.165, 1.54) is 0 Å². The van der Waals surface area contributed by atoms with Crippen LogP contribution < -0.4 is 5.32 Å². The Kier molecular flexibility index (Phi) is 5.57. The molecule has 8 heteroatoms. The van der Waals surface area contributed by atoms with E-state index in [1.54, 1.807) is 30.6 Å². The lowest BCUT2D eigenvalue weighted by Crippen LogP contribution is -2.43. The maximum absolute atomic E-state index is 12.8. The first-order valence-electron chi connectivity index (χ1n) is 9.99. The van der Waals surface area contributed by atoms with E-state index in [1.807, 2.05) is 11.8 Å². The molecule has 0 aliphatic carbocycles. The molecular weight excluding hydrogens is 400 g/mol. The van der Waals surface area contributed by atoms with E-state index < -0.39 is 0 Å². The Morgan fingerprint density at radius 1 is 1.37 bits per heavy atom. The van der Waals surface area contributed by atoms with Crippen molar-refractivity contribution < 1.29 is 4.79 Å². The summed E-state index contributed by atoms with van der Waals surface area (Å²) in [5.74, 6) is -0.378. The first kappa shape index (κ1) is 20.1. The Hall–Kier alpha value is -3.16. The molecule has 2 aliphatic heterocycles. The van der Waals surface area contributed by atoms with Crippen LogP contribution in [0.3, 0.4) is 0 Å². The van der Waals surface area contributed by atoms with Crippen LogP contribution in [0.1, 0.15) is 42.2 Å². The van der Waals surface area contributed by atoms with Gasteiger partial charge in [-0.1, -0.05) is 17.7 Å². The highest BCUT2D eigenvalue weighted by atomic mass is 35.5. The fourth-order valence-corrected chi connectivity index (χ4v) is 4.67. The summed E-state index contributed by atoms with van der Waals surface area (Å²) < 4.78 is 0. The van der Waals surface area contributed by atoms with Crippen molar-refractivity contribution in [1.82, 2.24) is 20.2 Å². The van der Waals surface area contributed by atoms with Crippen molar-refractivity contribution in [2.75, 3.05) is 0 Å². The monoisotopic (exact) mass is 420 g/mol. The van der Waals surface area contributed by atoms with Crippen LogP contribution in [0.5, 0.6) is 0 Å². The molecule has 2 aromatic rings. The molecule has 152 valence electrons. The molecule has 7 nitrogen and oxygen atoms in total. The number of nitrogens with one attached hydrogen (secondary N) is 1. The topological polar surface area (TPSA) is 106 Å². The average molecular weight is 421 g/mol. The van der Waals surface area contributed by atoms with Crippen LogP contribution in [0.15, 0.2) is 30.6 Å². The van der Waals surface area contributed by atoms with Gasteiger partial charge in [-0.15, -0.1) is 0 Å². The number of hydrogen-bond donors (Lipinski definition) is 1. The molecular formula is C22H21ClN6O. The summed E-state index contributed by atoms with van der Waals surface area (Å²) in [7, 11) is 0. The SMILES string of the molecule is CC(C#N)Cc1cncc(-c2ccc(C(=O)N[C@@H]3C[C@@H]4CC[C@H]3N4C#N)c(Cl)c2)n1. The minimum Gasteiger partial charge on any atom is -0.347 e. The second-order valence-electron chi connectivity index (χ2n) is 7.95. The second kappa shape index (κ2) is 8.30. The van der Waals surface area contributed by atoms with Crippen LogP contribution in [0.4, 0.5) is 0 Å². The van der Waals surface area contributed by atoms with Crippen LogP contribution in [0, 0.1) is 28.7 Å². The van der Waals surface area contributed by atoms with Gasteiger partial charge in [0, 0.05) is 30.1 Å². The number of benzene rings is 1. The predicted molar refractivity (Wildman–Crippen MR) is 111 cm³/mol. The van der Waals surface area contributed by atoms with Crippen molar-refractivity contribution >= 4 is 17.5 Å². The van der Waals surface area contributed by atoms with Crippen LogP contribution in [-0.4, -0.2) is 38.9 Å². The Morgan fingerprint density at radius 2 is 2.20 bits per heavy atom. The molecule has 2 saturated heterocycles. The Bertz CT molecular complexity index is 1060. The van der Waals surface area contributed by atoms with Gasteiger partial charge in [0.15, 0.2) is 6.19 Å². The summed E-state index contributed by atoms with van der Waals surface area (Å²) in [6.07, 6.45) is 8.79. The van der Waals surface area contributed by atoms with Gasteiger partial charge in [0.1, 0.15) is 0 Å². The molecule has 0 radical (unpaired) electrons. The zero-order valence-corrected chi connectivity index (χ0v) is 17.3. The number of halogens is 1. The summed E-state index contributed by atoms with van der Waals surface area (Å²) in [4.78, 5) is 23.4. The standard InChI is InChI=1S/C22H21ClN6O/c1-13(9-24)6-15-10-26-11-20(27-15)14-2-4-17(18(23)7-14)22(30)28-19-8-16-3-5-21(19)29(16)12-25/h2,4,7,10-11,13,16,19,21H,3,5-6,8H2,1H3,(H,28,30)/t13?,16-,19+,21+/m0/s1. The van der Waals surface area contributed by atoms with Gasteiger partial charge in [0.05, 0.1) is 46.3 Å². The Morgan fingerprint density at radius 3 is 2.90 bits per heavy atom. The molecule has 1 unspecified atom stereocenters. The van der Waals surface area contributed by atoms with Gasteiger partial charge in [-0.25, -0.2) is 4.98 Å². The molecule has 0 saturated carbocycles. The maximum atomic E-state index is 12.8. The van der Waals surface area contributed by atoms with Crippen molar-refractivity contribution in [3.63, 3.8) is 0 Å². The highest BCUT2D eigenvalue weighted by Gasteiger charge is 2.46. The van der Waals surface area contributed by atoms with Crippen molar-refractivity contribution in [3.05, 3.63) is 46.9 Å². The van der Waals surface area contributed by atoms with Gasteiger partial charge in [0.2, 0.25) is 0 Å². The van der Waals surface area contributed by atoms with Gasteiger partial charge in [-0.2, -0.15) is 10.5 Å². The molecule has 1 aromatic carbocycles. The van der Waals surface area contributed by atoms with E-state index in [2.05, 4.69) is 27.5 Å². The fraction of sp³-hybridized carbons (Fsp3) is 0.409. The molecule has 1 N–H and O–H groups in total. The quantitative estimate of drug-likeness (QED) is 0.744. The van der Waals surface area contributed by atoms with Gasteiger partial charge >= 0.3 is 0 Å². The lowest BCUT2D eigenvalue weighted by Gasteiger charge is -2.22. The van der Waals surface area contributed by atoms with Gasteiger partial charge in [-0.05, 0) is 38.3 Å². The first-order valence-corrected chi connectivity index (χ1v) is 10.4. The molecule has 4 atom stereocenters. The van der Waals surface area contributed by atoms with Crippen LogP contribution in [-0.2, 0) is 6.42 Å². The number of carbonyl (C=O) groups excluding carboxylic acids is 1. The molecule has 0 spiro atoms. The Balaban J connectivity index is 1.49. The van der Waals surface area contributed by atoms with Gasteiger partial charge < -0.3 is 10.2 Å². The smallest absolute Gasteiger partial charge is 0.253 e. The normalized spacial score (nSPS) is 22.9. The second-order valence-corrected chi connectivity index (χ2v) is 8.35. The minimum atomic E-state index is -0.232. The molecule has 3 heterocycles. The van der Waals surface area contributed by atoms with E-state index in [-0.39, 0.29) is 30.0 Å². The van der Waals surface area contributed by atoms with Crippen LogP contribution >= 0.6 is 11.6 Å². The molecule has 4 rings (SSSR count). The van der Waals surface area contributed by atoms with Crippen molar-refractivity contribution in [1.29, 1.82) is 10.5 Å². The number of amides is 1. The summed E-state index contributed by atoms with van der Waals surface area (Å²) in [5, 5.41) is 21.7. The minimum absolute atomic E-state index is 0.0312. The van der Waals surface area contributed by atoms with Crippen molar-refractivity contribution in [3.8, 4) is 23.5 Å². The summed E-state index contributed by atoms with van der Waals surface area (Å²) >= 11 is 6.43. The summed E-state index contributed by atoms with van der Waals surface area (Å²) in [5.41, 5.74) is 2.53. The van der Waals surface area contributed by atoms with E-state index in [0.717, 1.165) is 30.5 Å². The van der Waals surface area contributed by atoms with Crippen LogP contribution in [0.2, 0.25) is 5.02 Å². The molecule has 2 aliphatic rings. The zero-order valence-electron chi connectivity index (χ0n) is 16.5. The molecule has 1 amide bonds. The van der Waals surface area contributed by atoms with Gasteiger partial charge in [-0.3, -0.25) is 9.78 Å². The van der Waals surface area contributed by atoms with Gasteiger partial charge in [0.25, 0.3) is 5.91 Å². The van der Waals surface area contributed by atoms with Crippen molar-refractivity contribution in [2.45, 2.75) is 50.7 Å². The molecule has 2 bridgehead atoms. The summed E-state index contributed by atoms with van der Waals surface area (Å²) in [6.45, 7) is 1.84. The van der Waals surface area contributed by atoms with E-state index in [0.29, 0.717) is 22.7 Å². The molecule has 2 fully saturated rings. The third-order valence-electron chi connectivity index (χ3n) is 5.90. The van der Waals surface area contributed by atoms with E-state index in [9.17, 15) is 10.1 Å². The third-order valence-corrected chi connectivity index (χ3v) is 6.21. The molecule has 1 aromatic heterocycles. The number of hydrogen-bond acceptors (Lipinski definition) is 6. The first-order chi connectivity index (χ1) is 14.5. The van der Waals surface area contributed by atoms with E-state index >= 15 is 0 Å². The van der Waals surface area contributed by atoms with Crippen LogP contribution in [0.25, 0.3) is 11.3 Å². The number of nitriles is 2. The zero-order chi connectivity index (χ0) is 21.3. The number of carbonyl (C=O) groups is 1. The largest absolute Gasteiger partial charge is 0.347 e. The number of aromatic nitrogens is 2. The predicted octanol–water partition coefficient (Wildman–Crippen LogP) is 3.32. The van der Waals surface area contributed by atoms with Crippen molar-refractivity contribution in [2.24, 2.45) is 5.92 Å². The lowest BCUT2D eigenvalue weighted by atomic mass is 9.95. The number of fused-ring (bicyclic) bond motifs is 2. The maximum Gasteiger partial charge on any atom is 0.253 e. The highest BCUT2D eigenvalue weighted by Crippen LogP contribution is 2.37.